The Labute approximate surface area is 48.1 Å². The van der Waals surface area contributed by atoms with Gasteiger partial charge in [-0.15, -0.1) is 0 Å². The smallest absolute Gasteiger partial charge is 0.116 e. The molecular formula is C6H8O2. The van der Waals surface area contributed by atoms with Gasteiger partial charge in [-0.2, -0.15) is 0 Å². The summed E-state index contributed by atoms with van der Waals surface area (Å²) in [5.74, 6) is 0. The molecule has 2 nitrogen and oxygen atoms in total. The summed E-state index contributed by atoms with van der Waals surface area (Å²) in [7, 11) is 0. The fourth-order valence-electron chi connectivity index (χ4n) is 0.888. The number of rotatable bonds is 0. The van der Waals surface area contributed by atoms with Crippen molar-refractivity contribution in [1.82, 2.24) is 0 Å². The van der Waals surface area contributed by atoms with E-state index in [-0.39, 0.29) is 5.60 Å². The second kappa shape index (κ2) is 1.26. The molecule has 0 aromatic heterocycles. The van der Waals surface area contributed by atoms with E-state index < -0.39 is 0 Å². The Morgan fingerprint density at radius 1 is 1.50 bits per heavy atom. The molecule has 44 valence electrons. The minimum atomic E-state index is 0.123. The predicted octanol–water partition coefficient (Wildman–Crippen LogP) is 0.689. The van der Waals surface area contributed by atoms with Gasteiger partial charge in [-0.1, -0.05) is 0 Å². The van der Waals surface area contributed by atoms with Crippen molar-refractivity contribution < 1.29 is 9.47 Å². The maximum atomic E-state index is 5.17. The van der Waals surface area contributed by atoms with Crippen LogP contribution in [0.4, 0.5) is 0 Å². The molecule has 1 atom stereocenters. The van der Waals surface area contributed by atoms with E-state index in [4.69, 9.17) is 9.47 Å². The van der Waals surface area contributed by atoms with E-state index in [1.807, 2.05) is 6.08 Å². The van der Waals surface area contributed by atoms with Crippen molar-refractivity contribution in [2.75, 3.05) is 13.2 Å². The number of ether oxygens (including phenoxy) is 2. The van der Waals surface area contributed by atoms with Crippen molar-refractivity contribution in [3.05, 3.63) is 12.3 Å². The molecular weight excluding hydrogens is 104 g/mol. The van der Waals surface area contributed by atoms with Crippen molar-refractivity contribution in [3.63, 3.8) is 0 Å². The van der Waals surface area contributed by atoms with Gasteiger partial charge < -0.3 is 9.47 Å². The zero-order valence-corrected chi connectivity index (χ0v) is 4.59. The minimum absolute atomic E-state index is 0.123. The van der Waals surface area contributed by atoms with E-state index in [0.717, 1.165) is 19.6 Å². The van der Waals surface area contributed by atoms with Crippen molar-refractivity contribution in [2.24, 2.45) is 0 Å². The van der Waals surface area contributed by atoms with Crippen molar-refractivity contribution in [3.8, 4) is 0 Å². The summed E-state index contributed by atoms with van der Waals surface area (Å²) in [5, 5.41) is 0. The van der Waals surface area contributed by atoms with Gasteiger partial charge in [-0.05, 0) is 6.08 Å². The molecule has 1 unspecified atom stereocenters. The summed E-state index contributed by atoms with van der Waals surface area (Å²) in [5.41, 5.74) is 0.123. The van der Waals surface area contributed by atoms with E-state index in [1.165, 1.54) is 0 Å². The number of hydrogen-bond donors (Lipinski definition) is 0. The van der Waals surface area contributed by atoms with Crippen LogP contribution in [-0.2, 0) is 9.47 Å². The molecule has 0 bridgehead atoms. The molecule has 0 aromatic carbocycles. The fourth-order valence-corrected chi connectivity index (χ4v) is 0.888. The quantitative estimate of drug-likeness (QED) is 0.430. The molecule has 2 rings (SSSR count). The van der Waals surface area contributed by atoms with Crippen LogP contribution in [0.1, 0.15) is 6.42 Å². The van der Waals surface area contributed by atoms with Gasteiger partial charge in [-0.3, -0.25) is 0 Å². The lowest BCUT2D eigenvalue weighted by Gasteiger charge is -2.10. The Kier molecular flexibility index (Phi) is 0.690. The maximum absolute atomic E-state index is 5.17. The van der Waals surface area contributed by atoms with E-state index in [2.05, 4.69) is 0 Å². The first kappa shape index (κ1) is 4.39. The molecule has 2 heterocycles. The molecule has 1 fully saturated rings. The zero-order chi connectivity index (χ0) is 5.45. The first-order valence-corrected chi connectivity index (χ1v) is 2.85. The lowest BCUT2D eigenvalue weighted by Crippen LogP contribution is -2.13. The molecule has 1 saturated heterocycles. The SMILES string of the molecule is C1=CC2(CCO1)CO2. The van der Waals surface area contributed by atoms with Gasteiger partial charge >= 0.3 is 0 Å². The van der Waals surface area contributed by atoms with Crippen LogP contribution >= 0.6 is 0 Å². The summed E-state index contributed by atoms with van der Waals surface area (Å²) in [4.78, 5) is 0. The fraction of sp³-hybridized carbons (Fsp3) is 0.667. The third-order valence-electron chi connectivity index (χ3n) is 1.63. The Bertz CT molecular complexity index is 124. The van der Waals surface area contributed by atoms with E-state index in [1.54, 1.807) is 6.26 Å². The molecule has 0 aliphatic carbocycles. The lowest BCUT2D eigenvalue weighted by atomic mass is 10.1. The topological polar surface area (TPSA) is 21.8 Å². The summed E-state index contributed by atoms with van der Waals surface area (Å²) in [6, 6.07) is 0. The molecule has 0 saturated carbocycles. The molecule has 0 aromatic rings. The highest BCUT2D eigenvalue weighted by molar-refractivity contribution is 5.10. The van der Waals surface area contributed by atoms with Crippen LogP contribution in [0, 0.1) is 0 Å². The largest absolute Gasteiger partial charge is 0.501 e. The van der Waals surface area contributed by atoms with Gasteiger partial charge in [0.25, 0.3) is 0 Å². The highest BCUT2D eigenvalue weighted by Crippen LogP contribution is 2.34. The van der Waals surface area contributed by atoms with Crippen LogP contribution < -0.4 is 0 Å². The van der Waals surface area contributed by atoms with E-state index in [9.17, 15) is 0 Å². The first-order chi connectivity index (χ1) is 3.91. The summed E-state index contributed by atoms with van der Waals surface area (Å²) < 4.78 is 10.2. The normalized spacial score (nSPS) is 42.0. The molecule has 2 aliphatic heterocycles. The third-order valence-corrected chi connectivity index (χ3v) is 1.63. The molecule has 0 radical (unpaired) electrons. The minimum Gasteiger partial charge on any atom is -0.501 e. The van der Waals surface area contributed by atoms with Crippen LogP contribution in [0.2, 0.25) is 0 Å². The van der Waals surface area contributed by atoms with Crippen molar-refractivity contribution in [1.29, 1.82) is 0 Å². The second-order valence-corrected chi connectivity index (χ2v) is 2.28. The molecule has 1 spiro atoms. The van der Waals surface area contributed by atoms with E-state index >= 15 is 0 Å². The highest BCUT2D eigenvalue weighted by Gasteiger charge is 2.43. The van der Waals surface area contributed by atoms with Gasteiger partial charge in [0.05, 0.1) is 19.5 Å². The standard InChI is InChI=1S/C6H8O2/c1-3-7-4-2-6(1)5-8-6/h1,3H,2,4-5H2. The van der Waals surface area contributed by atoms with Crippen molar-refractivity contribution >= 4 is 0 Å². The Hall–Kier alpha value is -0.500. The predicted molar refractivity (Wildman–Crippen MR) is 28.4 cm³/mol. The van der Waals surface area contributed by atoms with Gasteiger partial charge in [0.2, 0.25) is 0 Å². The summed E-state index contributed by atoms with van der Waals surface area (Å²) in [6.45, 7) is 1.71. The van der Waals surface area contributed by atoms with Crippen LogP contribution in [0.3, 0.4) is 0 Å². The van der Waals surface area contributed by atoms with Gasteiger partial charge in [-0.25, -0.2) is 0 Å². The molecule has 0 N–H and O–H groups in total. The summed E-state index contributed by atoms with van der Waals surface area (Å²) in [6.07, 6.45) is 4.76. The van der Waals surface area contributed by atoms with Gasteiger partial charge in [0.1, 0.15) is 5.60 Å². The monoisotopic (exact) mass is 112 g/mol. The second-order valence-electron chi connectivity index (χ2n) is 2.28. The van der Waals surface area contributed by atoms with Crippen molar-refractivity contribution in [2.45, 2.75) is 12.0 Å². The van der Waals surface area contributed by atoms with Crippen LogP contribution in [0.5, 0.6) is 0 Å². The number of hydrogen-bond acceptors (Lipinski definition) is 2. The molecule has 8 heavy (non-hydrogen) atoms. The van der Waals surface area contributed by atoms with Crippen LogP contribution in [-0.4, -0.2) is 18.8 Å². The first-order valence-electron chi connectivity index (χ1n) is 2.85. The van der Waals surface area contributed by atoms with Crippen LogP contribution in [0.15, 0.2) is 12.3 Å². The lowest BCUT2D eigenvalue weighted by molar-refractivity contribution is 0.184. The zero-order valence-electron chi connectivity index (χ0n) is 4.59. The number of epoxide rings is 1. The molecule has 2 aliphatic rings. The average molecular weight is 112 g/mol. The summed E-state index contributed by atoms with van der Waals surface area (Å²) >= 11 is 0. The third kappa shape index (κ3) is 0.530. The average Bonchev–Trinajstić information content (AvgIpc) is 2.52. The molecule has 0 amide bonds. The van der Waals surface area contributed by atoms with E-state index in [0.29, 0.717) is 0 Å². The van der Waals surface area contributed by atoms with Gasteiger partial charge in [0, 0.05) is 6.42 Å². The maximum Gasteiger partial charge on any atom is 0.116 e. The Balaban J connectivity index is 2.13. The van der Waals surface area contributed by atoms with Crippen LogP contribution in [0.25, 0.3) is 0 Å². The highest BCUT2D eigenvalue weighted by atomic mass is 16.6. The Morgan fingerprint density at radius 2 is 2.38 bits per heavy atom. The van der Waals surface area contributed by atoms with Gasteiger partial charge in [0.15, 0.2) is 0 Å². The Morgan fingerprint density at radius 3 is 2.75 bits per heavy atom. The molecule has 2 heteroatoms.